The lowest BCUT2D eigenvalue weighted by molar-refractivity contribution is -0.598. The second kappa shape index (κ2) is 6.37. The first kappa shape index (κ1) is 13.6. The summed E-state index contributed by atoms with van der Waals surface area (Å²) in [6.07, 6.45) is 1.20. The maximum absolute atomic E-state index is 2.31. The minimum atomic E-state index is -0.0377. The van der Waals surface area contributed by atoms with Crippen molar-refractivity contribution in [2.75, 3.05) is 0 Å². The predicted molar refractivity (Wildman–Crippen MR) is 73.6 cm³/mol. The predicted octanol–water partition coefficient (Wildman–Crippen LogP) is 1.32. The third kappa shape index (κ3) is 3.84. The number of hydrogen-bond acceptors (Lipinski definition) is 0. The quantitative estimate of drug-likeness (QED) is 0.729. The van der Waals surface area contributed by atoms with Gasteiger partial charge in [0.1, 0.15) is 0 Å². The van der Waals surface area contributed by atoms with Crippen molar-refractivity contribution in [2.45, 2.75) is 27.2 Å². The second-order valence-electron chi connectivity index (χ2n) is 5.08. The van der Waals surface area contributed by atoms with Crippen LogP contribution in [0.15, 0.2) is 48.5 Å². The lowest BCUT2D eigenvalue weighted by Crippen LogP contribution is -3.61. The highest BCUT2D eigenvalue weighted by atomic mass is 127. The van der Waals surface area contributed by atoms with Gasteiger partial charge in [-0.3, -0.25) is 0 Å². The van der Waals surface area contributed by atoms with Crippen LogP contribution in [0.4, 0.5) is 0 Å². The molecule has 0 saturated carbocycles. The molecule has 0 radical (unpaired) electrons. The molecule has 0 aliphatic heterocycles. The number of aryl methyl sites for hydroxylation is 1. The summed E-state index contributed by atoms with van der Waals surface area (Å²) in [6, 6.07) is 18.0. The molecule has 0 amide bonds. The number of benzene rings is 2. The van der Waals surface area contributed by atoms with Crippen LogP contribution in [0.25, 0.3) is 0 Å². The van der Waals surface area contributed by atoms with Gasteiger partial charge in [0.15, 0.2) is 7.14 Å². The van der Waals surface area contributed by atoms with Crippen LogP contribution in [0.2, 0.25) is 0 Å². The van der Waals surface area contributed by atoms with E-state index >= 15 is 0 Å². The van der Waals surface area contributed by atoms with Crippen LogP contribution in [0.1, 0.15) is 25.0 Å². The molecular weight excluding hydrogens is 331 g/mol. The van der Waals surface area contributed by atoms with Gasteiger partial charge in [-0.05, 0) is 37.5 Å². The first-order valence-electron chi connectivity index (χ1n) is 6.44. The Bertz CT molecular complexity index is 497. The Labute approximate surface area is 121 Å². The van der Waals surface area contributed by atoms with Gasteiger partial charge < -0.3 is 0 Å². The standard InChI is InChI=1S/C17H20I/c1-13(2)12-15-6-4-5-7-17(15)18-16-10-8-14(3)9-11-16/h4-11,13H,12H2,1-3H3/q+1. The normalized spacial score (nSPS) is 10.9. The molecule has 0 spiro atoms. The van der Waals surface area contributed by atoms with E-state index < -0.39 is 0 Å². The fourth-order valence-corrected chi connectivity index (χ4v) is 4.43. The molecule has 0 aliphatic carbocycles. The smallest absolute Gasteiger partial charge is 0.0625 e. The molecule has 0 bridgehead atoms. The third-order valence-corrected chi connectivity index (χ3v) is 5.78. The molecule has 18 heavy (non-hydrogen) atoms. The molecule has 0 N–H and O–H groups in total. The van der Waals surface area contributed by atoms with Crippen LogP contribution >= 0.6 is 0 Å². The molecule has 2 aromatic carbocycles. The number of halogens is 1. The Kier molecular flexibility index (Phi) is 4.81. The summed E-state index contributed by atoms with van der Waals surface area (Å²) in [6.45, 7) is 6.73. The molecular formula is C17H20I+. The topological polar surface area (TPSA) is 0 Å². The Morgan fingerprint density at radius 2 is 1.61 bits per heavy atom. The van der Waals surface area contributed by atoms with E-state index in [0.29, 0.717) is 0 Å². The number of rotatable bonds is 4. The van der Waals surface area contributed by atoms with Gasteiger partial charge in [0, 0.05) is 5.56 Å². The van der Waals surface area contributed by atoms with Crippen molar-refractivity contribution < 1.29 is 21.2 Å². The van der Waals surface area contributed by atoms with Crippen molar-refractivity contribution in [3.05, 3.63) is 66.8 Å². The Balaban J connectivity index is 2.20. The van der Waals surface area contributed by atoms with Crippen LogP contribution in [0, 0.1) is 20.0 Å². The van der Waals surface area contributed by atoms with Crippen molar-refractivity contribution in [3.63, 3.8) is 0 Å². The van der Waals surface area contributed by atoms with Gasteiger partial charge in [0.25, 0.3) is 0 Å². The molecule has 0 nitrogen and oxygen atoms in total. The molecule has 0 atom stereocenters. The lowest BCUT2D eigenvalue weighted by Gasteiger charge is -2.04. The molecule has 0 aromatic heterocycles. The van der Waals surface area contributed by atoms with Crippen LogP contribution in [-0.2, 0) is 6.42 Å². The SMILES string of the molecule is Cc1ccc([I+]c2ccccc2CC(C)C)cc1. The third-order valence-electron chi connectivity index (χ3n) is 2.81. The highest BCUT2D eigenvalue weighted by molar-refractivity contribution is 5.16. The molecule has 1 heteroatoms. The lowest BCUT2D eigenvalue weighted by atomic mass is 10.0. The Hall–Kier alpha value is -0.830. The van der Waals surface area contributed by atoms with E-state index in [-0.39, 0.29) is 21.2 Å². The van der Waals surface area contributed by atoms with Crippen LogP contribution in [-0.4, -0.2) is 0 Å². The van der Waals surface area contributed by atoms with Gasteiger partial charge in [0.05, 0.1) is 0 Å². The van der Waals surface area contributed by atoms with Crippen LogP contribution < -0.4 is 21.2 Å². The summed E-state index contributed by atoms with van der Waals surface area (Å²) in [7, 11) is 0. The average molecular weight is 351 g/mol. The fraction of sp³-hybridized carbons (Fsp3) is 0.294. The van der Waals surface area contributed by atoms with E-state index in [4.69, 9.17) is 0 Å². The second-order valence-corrected chi connectivity index (χ2v) is 8.03. The van der Waals surface area contributed by atoms with Gasteiger partial charge in [0.2, 0.25) is 0 Å². The van der Waals surface area contributed by atoms with E-state index in [9.17, 15) is 0 Å². The summed E-state index contributed by atoms with van der Waals surface area (Å²) < 4.78 is 3.09. The summed E-state index contributed by atoms with van der Waals surface area (Å²) in [5.41, 5.74) is 2.89. The molecule has 2 rings (SSSR count). The Morgan fingerprint density at radius 3 is 2.28 bits per heavy atom. The molecule has 0 unspecified atom stereocenters. The van der Waals surface area contributed by atoms with E-state index in [0.717, 1.165) is 5.92 Å². The van der Waals surface area contributed by atoms with Crippen molar-refractivity contribution in [2.24, 2.45) is 5.92 Å². The molecule has 2 aromatic rings. The van der Waals surface area contributed by atoms with Gasteiger partial charge in [-0.15, -0.1) is 0 Å². The van der Waals surface area contributed by atoms with Gasteiger partial charge in [-0.1, -0.05) is 49.7 Å². The maximum atomic E-state index is 2.31. The van der Waals surface area contributed by atoms with Crippen molar-refractivity contribution in [3.8, 4) is 0 Å². The molecule has 0 aliphatic rings. The monoisotopic (exact) mass is 351 g/mol. The van der Waals surface area contributed by atoms with Crippen LogP contribution in [0.5, 0.6) is 0 Å². The van der Waals surface area contributed by atoms with Crippen molar-refractivity contribution in [1.29, 1.82) is 0 Å². The van der Waals surface area contributed by atoms with Crippen molar-refractivity contribution >= 4 is 0 Å². The summed E-state index contributed by atoms with van der Waals surface area (Å²) in [5, 5.41) is 0. The highest BCUT2D eigenvalue weighted by Crippen LogP contribution is 2.07. The van der Waals surface area contributed by atoms with Gasteiger partial charge in [-0.2, -0.15) is 0 Å². The Morgan fingerprint density at radius 1 is 0.944 bits per heavy atom. The molecule has 0 heterocycles. The maximum Gasteiger partial charge on any atom is 0.358 e. The summed E-state index contributed by atoms with van der Waals surface area (Å²) >= 11 is -0.0377. The van der Waals surface area contributed by atoms with Crippen molar-refractivity contribution in [1.82, 2.24) is 0 Å². The summed E-state index contributed by atoms with van der Waals surface area (Å²) in [4.78, 5) is 0. The average Bonchev–Trinajstić information content (AvgIpc) is 2.34. The fourth-order valence-electron chi connectivity index (χ4n) is 1.91. The largest absolute Gasteiger partial charge is 0.358 e. The van der Waals surface area contributed by atoms with E-state index in [1.807, 2.05) is 0 Å². The first-order valence-corrected chi connectivity index (χ1v) is 8.60. The van der Waals surface area contributed by atoms with E-state index in [1.165, 1.54) is 15.6 Å². The molecule has 94 valence electrons. The van der Waals surface area contributed by atoms with Gasteiger partial charge in [-0.25, -0.2) is 0 Å². The van der Waals surface area contributed by atoms with E-state index in [1.54, 1.807) is 9.13 Å². The molecule has 0 fully saturated rings. The first-order chi connectivity index (χ1) is 8.65. The zero-order chi connectivity index (χ0) is 13.0. The van der Waals surface area contributed by atoms with Crippen LogP contribution in [0.3, 0.4) is 0 Å². The zero-order valence-electron chi connectivity index (χ0n) is 11.3. The summed E-state index contributed by atoms with van der Waals surface area (Å²) in [5.74, 6) is 0.730. The minimum Gasteiger partial charge on any atom is -0.0625 e. The van der Waals surface area contributed by atoms with Gasteiger partial charge >= 0.3 is 21.2 Å². The van der Waals surface area contributed by atoms with E-state index in [2.05, 4.69) is 69.3 Å². The molecule has 0 saturated heterocycles. The number of hydrogen-bond donors (Lipinski definition) is 0. The highest BCUT2D eigenvalue weighted by Gasteiger charge is 2.19. The minimum absolute atomic E-state index is 0.0377. The zero-order valence-corrected chi connectivity index (χ0v) is 13.4.